The van der Waals surface area contributed by atoms with Crippen LogP contribution in [0.3, 0.4) is 0 Å². The maximum Gasteiger partial charge on any atom is 0.165 e. The summed E-state index contributed by atoms with van der Waals surface area (Å²) in [4.78, 5) is 170. The number of carbonyl (C=O) groups is 11. The van der Waals surface area contributed by atoms with Gasteiger partial charge in [-0.2, -0.15) is 0 Å². The highest BCUT2D eigenvalue weighted by Gasteiger charge is 2.51. The topological polar surface area (TPSA) is 188 Å². The number of hydrogen-bond acceptors (Lipinski definition) is 11. The number of hydrogen-bond donors (Lipinski definition) is 0. The van der Waals surface area contributed by atoms with Crippen molar-refractivity contribution in [2.75, 3.05) is 0 Å². The van der Waals surface area contributed by atoms with Gasteiger partial charge in [-0.1, -0.05) is 308 Å². The van der Waals surface area contributed by atoms with Crippen molar-refractivity contribution in [3.63, 3.8) is 0 Å². The van der Waals surface area contributed by atoms with Gasteiger partial charge >= 0.3 is 0 Å². The zero-order valence-electron chi connectivity index (χ0n) is 97.7. The van der Waals surface area contributed by atoms with E-state index in [9.17, 15) is 24.0 Å². The van der Waals surface area contributed by atoms with Gasteiger partial charge in [-0.05, 0) is 353 Å². The number of Topliss-reactive ketones (excluding diaryl/α,β-unsaturated/α-hetero) is 11. The molecule has 0 radical (unpaired) electrons. The van der Waals surface area contributed by atoms with E-state index in [1.54, 1.807) is 6.92 Å². The van der Waals surface area contributed by atoms with E-state index in [0.717, 1.165) is 178 Å². The van der Waals surface area contributed by atoms with E-state index >= 15 is 28.8 Å². The molecule has 20 unspecified atom stereocenters. The molecule has 26 atom stereocenters. The Kier molecular flexibility index (Phi) is 48.8. The average Bonchev–Trinajstić information content (AvgIpc) is 1.40. The Hall–Kier alpha value is -4.93. The lowest BCUT2D eigenvalue weighted by molar-refractivity contribution is -0.139. The lowest BCUT2D eigenvalue weighted by atomic mass is 9.57. The molecule has 826 valence electrons. The van der Waals surface area contributed by atoms with Crippen molar-refractivity contribution in [1.82, 2.24) is 0 Å². The van der Waals surface area contributed by atoms with E-state index in [2.05, 4.69) is 96.2 Å². The predicted molar refractivity (Wildman–Crippen MR) is 606 cm³/mol. The molecule has 0 aliphatic heterocycles. The molecule has 11 nitrogen and oxygen atoms in total. The molecule has 0 heterocycles. The van der Waals surface area contributed by atoms with Crippen LogP contribution in [0.5, 0.6) is 0 Å². The minimum Gasteiger partial charge on any atom is -0.300 e. The van der Waals surface area contributed by atoms with E-state index < -0.39 is 35.0 Å². The summed E-state index contributed by atoms with van der Waals surface area (Å²) < 4.78 is 0. The van der Waals surface area contributed by atoms with Crippen LogP contribution in [-0.4, -0.2) is 63.6 Å². The van der Waals surface area contributed by atoms with E-state index in [4.69, 9.17) is 19.7 Å². The predicted octanol–water partition coefficient (Wildman–Crippen LogP) is 35.3. The van der Waals surface area contributed by atoms with Crippen molar-refractivity contribution in [3.8, 4) is 0 Å². The Morgan fingerprint density at radius 1 is 0.486 bits per heavy atom. The van der Waals surface area contributed by atoms with Crippen molar-refractivity contribution in [3.05, 3.63) is 60.8 Å². The van der Waals surface area contributed by atoms with Gasteiger partial charge in [0.1, 0.15) is 57.8 Å². The van der Waals surface area contributed by atoms with Crippen molar-refractivity contribution < 1.29 is 52.7 Å². The van der Waals surface area contributed by atoms with Gasteiger partial charge in [-0.25, -0.2) is 0 Å². The zero-order chi connectivity index (χ0) is 107. The van der Waals surface area contributed by atoms with Crippen molar-refractivity contribution in [2.45, 2.75) is 517 Å². The summed E-state index contributed by atoms with van der Waals surface area (Å²) in [5.74, 6) is 3.28. The fourth-order valence-corrected chi connectivity index (χ4v) is 33.1. The molecule has 0 amide bonds. The smallest absolute Gasteiger partial charge is 0.165 e. The van der Waals surface area contributed by atoms with Gasteiger partial charge in [-0.3, -0.25) is 52.7 Å². The van der Waals surface area contributed by atoms with Gasteiger partial charge in [0.05, 0.1) is 6.42 Å². The highest BCUT2D eigenvalue weighted by molar-refractivity contribution is 6.08. The fourth-order valence-electron chi connectivity index (χ4n) is 33.1. The molecular weight excluding hydrogens is 1800 g/mol. The summed E-state index contributed by atoms with van der Waals surface area (Å²) in [6.07, 6.45) is 49.2. The van der Waals surface area contributed by atoms with Crippen LogP contribution in [0.1, 0.15) is 517 Å². The number of ketones is 11. The SMILES string of the molecule is C=C(C)CC(CC(=C)[C@H](CCC(=O)C(C)C)CC(=O)C1(CC(=C)[C@H](CC2CCC3CCCCC3C2)CC(C)[C@H]2CC(=O)C(CC)C3CC4CC(C[C@H](CCC(=C)C(C)CCCC5CCC(CC5)C2)CC(=O)CCC([C@H](C)CC(C)(C)C)C(C)C(C(C)=O)CCC(CC2CCC5C(C)CCCC25)C(=O)CC(CCC(=O)C(C)C)C3=O)C(C)C(C)(C)C4)CCCCC1)C(=O)C[C@@H](CC1CCCCC1)C(=C)C(=O)CC(=O)C(C)C. The van der Waals surface area contributed by atoms with E-state index in [1.165, 1.54) is 107 Å². The van der Waals surface area contributed by atoms with Crippen molar-refractivity contribution in [1.29, 1.82) is 0 Å². The van der Waals surface area contributed by atoms with Crippen molar-refractivity contribution >= 4 is 63.6 Å². The molecule has 0 N–H and O–H groups in total. The zero-order valence-corrected chi connectivity index (χ0v) is 97.7. The molecule has 0 aromatic carbocycles. The molecule has 11 rings (SSSR count). The molecular formula is C135H220O11. The lowest BCUT2D eigenvalue weighted by Crippen LogP contribution is -2.42. The average molecular weight is 2020 g/mol. The molecule has 11 aliphatic carbocycles. The highest BCUT2D eigenvalue weighted by atomic mass is 16.2. The standard InChI is InChI=1S/C135H220O11/c1-26-118-123-75-105-73-115(98(19)134(24,25)84-105)72-104(74-117(137)57-60-119(95(16)82-133(21,22)23)97(18)121(99(20)136)59-54-110(76-109-53-58-120-91(12)38-36-44-122(109)120)128(142)77-111(132(123)146)56-62-125(139)87(6)7)46-45-90(11)89(10)37-35-41-100-47-49-102(50-48-100)68-113(78-130(118)144)93(14)66-112(71-103-51-52-106-42-31-32-43-108(106)70-103)94(15)83-135(63-33-28-34-64-135)131(145)80-107(55-61-124(138)86(4)5)92(13)67-116(65-85(2)3)129(143)79-114(69-101-39-29-27-30-40-101)96(17)127(141)81-126(140)88(8)9/h86-89,91,93,95,97-98,100-116,118-123H,2,11,13,15,17,26-84H2,1,3-10,12,14,16,18-25H3/t89?,91?,93?,95-,97?,98?,100?,102?,103?,104+,105?,106?,107-,108?,109?,110?,111?,112+,113-,114-,115?,116?,118?,119?,120?,121?,122?,123?/m1/s1. The van der Waals surface area contributed by atoms with Gasteiger partial charge in [0.2, 0.25) is 0 Å². The third-order valence-electron chi connectivity index (χ3n) is 42.9. The van der Waals surface area contributed by atoms with Gasteiger partial charge < -0.3 is 0 Å². The van der Waals surface area contributed by atoms with Gasteiger partial charge in [-0.15, -0.1) is 6.58 Å². The second-order valence-electron chi connectivity index (χ2n) is 56.5. The molecule has 0 aromatic heterocycles. The molecule has 0 saturated heterocycles. The summed E-state index contributed by atoms with van der Waals surface area (Å²) in [5.41, 5.74) is 3.72. The summed E-state index contributed by atoms with van der Waals surface area (Å²) >= 11 is 0. The van der Waals surface area contributed by atoms with E-state index in [0.29, 0.717) is 160 Å². The van der Waals surface area contributed by atoms with E-state index in [1.807, 2.05) is 48.5 Å². The summed E-state index contributed by atoms with van der Waals surface area (Å²) in [7, 11) is 0. The molecule has 6 bridgehead atoms. The van der Waals surface area contributed by atoms with Crippen LogP contribution in [-0.2, 0) is 52.7 Å². The maximum absolute atomic E-state index is 17.6. The first-order valence-electron chi connectivity index (χ1n) is 62.2. The summed E-state index contributed by atoms with van der Waals surface area (Å²) in [6.45, 7) is 67.5. The minimum atomic E-state index is -0.766. The largest absolute Gasteiger partial charge is 0.300 e. The third-order valence-corrected chi connectivity index (χ3v) is 42.9. The first-order valence-corrected chi connectivity index (χ1v) is 62.2. The van der Waals surface area contributed by atoms with Gasteiger partial charge in [0, 0.05) is 110 Å². The van der Waals surface area contributed by atoms with Gasteiger partial charge in [0.25, 0.3) is 0 Å². The van der Waals surface area contributed by atoms with Crippen LogP contribution in [0.2, 0.25) is 0 Å². The second kappa shape index (κ2) is 58.0. The summed E-state index contributed by atoms with van der Waals surface area (Å²) in [6, 6.07) is 0. The van der Waals surface area contributed by atoms with Gasteiger partial charge in [0.15, 0.2) is 5.78 Å². The van der Waals surface area contributed by atoms with Crippen LogP contribution >= 0.6 is 0 Å². The molecule has 0 spiro atoms. The van der Waals surface area contributed by atoms with Crippen LogP contribution < -0.4 is 0 Å². The molecule has 11 heteroatoms. The minimum absolute atomic E-state index is 0.000421. The lowest BCUT2D eigenvalue weighted by Gasteiger charge is -2.48. The fraction of sp³-hybridized carbons (Fsp3) is 0.844. The summed E-state index contributed by atoms with van der Waals surface area (Å²) in [5, 5.41) is 0. The first kappa shape index (κ1) is 123. The first-order chi connectivity index (χ1) is 69.0. The number of carbonyl (C=O) groups excluding carboxylic acids is 11. The van der Waals surface area contributed by atoms with E-state index in [-0.39, 0.29) is 196 Å². The molecule has 0 aromatic rings. The number of allylic oxidation sites excluding steroid dienone is 5. The Balaban J connectivity index is 1.04. The Morgan fingerprint density at radius 3 is 1.78 bits per heavy atom. The Morgan fingerprint density at radius 2 is 1.12 bits per heavy atom. The highest BCUT2D eigenvalue weighted by Crippen LogP contribution is 2.57. The molecule has 11 fully saturated rings. The maximum atomic E-state index is 17.6. The normalized spacial score (nSPS) is 32.7. The van der Waals surface area contributed by atoms with Crippen molar-refractivity contribution in [2.24, 2.45) is 206 Å². The Bertz CT molecular complexity index is 4290. The van der Waals surface area contributed by atoms with Crippen LogP contribution in [0.4, 0.5) is 0 Å². The monoisotopic (exact) mass is 2020 g/mol. The van der Waals surface area contributed by atoms with Crippen LogP contribution in [0, 0.1) is 206 Å². The third kappa shape index (κ3) is 36.3. The number of rotatable bonds is 40. The second-order valence-corrected chi connectivity index (χ2v) is 56.5. The quantitative estimate of drug-likeness (QED) is 0.0323. The van der Waals surface area contributed by atoms with Crippen LogP contribution in [0.25, 0.3) is 0 Å². The van der Waals surface area contributed by atoms with Crippen LogP contribution in [0.15, 0.2) is 60.8 Å². The Labute approximate surface area is 894 Å². The number of fused-ring (bicyclic) bond motifs is 14. The molecule has 11 aliphatic rings. The molecule has 146 heavy (non-hydrogen) atoms. The molecule has 11 saturated carbocycles.